The van der Waals surface area contributed by atoms with Crippen molar-refractivity contribution in [1.29, 1.82) is 0 Å². The molecule has 0 unspecified atom stereocenters. The molecule has 0 atom stereocenters. The van der Waals surface area contributed by atoms with Crippen LogP contribution < -0.4 is 5.32 Å². The minimum atomic E-state index is 0.0330. The van der Waals surface area contributed by atoms with Crippen LogP contribution in [0, 0.1) is 5.92 Å². The Hall–Kier alpha value is -2.13. The van der Waals surface area contributed by atoms with Gasteiger partial charge in [0.2, 0.25) is 5.91 Å². The van der Waals surface area contributed by atoms with Gasteiger partial charge in [-0.15, -0.1) is 0 Å². The number of carbonyl (C=O) groups excluding carboxylic acids is 1. The third-order valence-corrected chi connectivity index (χ3v) is 5.01. The molecule has 2 aromatic carbocycles. The van der Waals surface area contributed by atoms with Gasteiger partial charge in [-0.2, -0.15) is 0 Å². The fourth-order valence-electron chi connectivity index (χ4n) is 3.59. The van der Waals surface area contributed by atoms with E-state index in [0.717, 1.165) is 36.8 Å². The molecule has 0 bridgehead atoms. The fraction of sp³-hybridized carbons (Fsp3) is 0.381. The van der Waals surface area contributed by atoms with E-state index in [9.17, 15) is 9.90 Å². The standard InChI is InChI=1S/C21H25NO2/c23-15-17-6-4-5-16(13-17)14-22-21(24)20-11-9-19(10-12-20)18-7-2-1-3-8-18/h1-8,13,19-20,23H,9-12,14-15H2,(H,22,24). The van der Waals surface area contributed by atoms with Crippen LogP contribution in [0.25, 0.3) is 0 Å². The number of nitrogens with one attached hydrogen (secondary N) is 1. The molecule has 1 aliphatic rings. The number of carbonyl (C=O) groups is 1. The molecule has 3 rings (SSSR count). The summed E-state index contributed by atoms with van der Waals surface area (Å²) < 4.78 is 0. The number of aliphatic hydroxyl groups excluding tert-OH is 1. The van der Waals surface area contributed by atoms with Crippen LogP contribution in [0.15, 0.2) is 54.6 Å². The summed E-state index contributed by atoms with van der Waals surface area (Å²) in [6, 6.07) is 18.3. The number of amides is 1. The Labute approximate surface area is 143 Å². The molecular formula is C21H25NO2. The fourth-order valence-corrected chi connectivity index (χ4v) is 3.59. The van der Waals surface area contributed by atoms with Gasteiger partial charge in [-0.1, -0.05) is 54.6 Å². The second-order valence-electron chi connectivity index (χ2n) is 6.66. The first-order valence-corrected chi connectivity index (χ1v) is 8.77. The zero-order valence-electron chi connectivity index (χ0n) is 13.9. The minimum Gasteiger partial charge on any atom is -0.392 e. The molecule has 0 heterocycles. The highest BCUT2D eigenvalue weighted by molar-refractivity contribution is 5.78. The van der Waals surface area contributed by atoms with Crippen molar-refractivity contribution in [2.45, 2.75) is 44.8 Å². The first-order valence-electron chi connectivity index (χ1n) is 8.77. The third kappa shape index (κ3) is 4.24. The highest BCUT2D eigenvalue weighted by Crippen LogP contribution is 2.35. The topological polar surface area (TPSA) is 49.3 Å². The average molecular weight is 323 g/mol. The molecule has 1 saturated carbocycles. The molecule has 0 saturated heterocycles. The molecule has 24 heavy (non-hydrogen) atoms. The maximum absolute atomic E-state index is 12.4. The van der Waals surface area contributed by atoms with Crippen LogP contribution in [0.4, 0.5) is 0 Å². The molecule has 0 spiro atoms. The van der Waals surface area contributed by atoms with Crippen molar-refractivity contribution >= 4 is 5.91 Å². The smallest absolute Gasteiger partial charge is 0.223 e. The number of hydrogen-bond acceptors (Lipinski definition) is 2. The Bertz CT molecular complexity index is 661. The summed E-state index contributed by atoms with van der Waals surface area (Å²) in [5, 5.41) is 12.2. The van der Waals surface area contributed by atoms with Gasteiger partial charge >= 0.3 is 0 Å². The summed E-state index contributed by atoms with van der Waals surface area (Å²) in [4.78, 5) is 12.4. The van der Waals surface area contributed by atoms with Gasteiger partial charge in [0.1, 0.15) is 0 Å². The third-order valence-electron chi connectivity index (χ3n) is 5.01. The first-order chi connectivity index (χ1) is 11.8. The zero-order valence-corrected chi connectivity index (χ0v) is 13.9. The Morgan fingerprint density at radius 2 is 1.67 bits per heavy atom. The van der Waals surface area contributed by atoms with E-state index < -0.39 is 0 Å². The number of hydrogen-bond donors (Lipinski definition) is 2. The zero-order chi connectivity index (χ0) is 16.8. The Kier molecular flexibility index (Phi) is 5.65. The second kappa shape index (κ2) is 8.11. The predicted octanol–water partition coefficient (Wildman–Crippen LogP) is 3.77. The Morgan fingerprint density at radius 3 is 2.38 bits per heavy atom. The van der Waals surface area contributed by atoms with Crippen LogP contribution in [0.1, 0.15) is 48.3 Å². The molecule has 126 valence electrons. The van der Waals surface area contributed by atoms with Crippen molar-refractivity contribution in [3.63, 3.8) is 0 Å². The normalized spacial score (nSPS) is 20.5. The summed E-state index contributed by atoms with van der Waals surface area (Å²) in [7, 11) is 0. The van der Waals surface area contributed by atoms with Crippen molar-refractivity contribution in [1.82, 2.24) is 5.32 Å². The van der Waals surface area contributed by atoms with Gasteiger partial charge in [0.05, 0.1) is 6.61 Å². The van der Waals surface area contributed by atoms with Crippen molar-refractivity contribution in [3.8, 4) is 0 Å². The lowest BCUT2D eigenvalue weighted by Crippen LogP contribution is -2.32. The Morgan fingerprint density at radius 1 is 0.958 bits per heavy atom. The molecule has 1 fully saturated rings. The lowest BCUT2D eigenvalue weighted by atomic mass is 9.78. The molecule has 2 aromatic rings. The number of aliphatic hydroxyl groups is 1. The first kappa shape index (κ1) is 16.7. The maximum Gasteiger partial charge on any atom is 0.223 e. The van der Waals surface area contributed by atoms with E-state index in [1.807, 2.05) is 30.3 Å². The Balaban J connectivity index is 1.48. The maximum atomic E-state index is 12.4. The lowest BCUT2D eigenvalue weighted by molar-refractivity contribution is -0.126. The second-order valence-corrected chi connectivity index (χ2v) is 6.66. The summed E-state index contributed by atoms with van der Waals surface area (Å²) in [6.45, 7) is 0.566. The minimum absolute atomic E-state index is 0.0330. The largest absolute Gasteiger partial charge is 0.392 e. The molecule has 0 radical (unpaired) electrons. The number of benzene rings is 2. The monoisotopic (exact) mass is 323 g/mol. The van der Waals surface area contributed by atoms with E-state index >= 15 is 0 Å². The molecule has 1 aliphatic carbocycles. The van der Waals surface area contributed by atoms with Crippen LogP contribution in [-0.4, -0.2) is 11.0 Å². The van der Waals surface area contributed by atoms with Crippen LogP contribution in [0.2, 0.25) is 0 Å². The summed E-state index contributed by atoms with van der Waals surface area (Å²) in [5.74, 6) is 0.887. The van der Waals surface area contributed by atoms with E-state index in [2.05, 4.69) is 29.6 Å². The van der Waals surface area contributed by atoms with Gasteiger partial charge in [-0.05, 0) is 48.3 Å². The van der Waals surface area contributed by atoms with Crippen LogP contribution >= 0.6 is 0 Å². The van der Waals surface area contributed by atoms with Crippen molar-refractivity contribution in [2.24, 2.45) is 5.92 Å². The SMILES string of the molecule is O=C(NCc1cccc(CO)c1)C1CCC(c2ccccc2)CC1. The van der Waals surface area contributed by atoms with E-state index in [-0.39, 0.29) is 18.4 Å². The highest BCUT2D eigenvalue weighted by atomic mass is 16.3. The van der Waals surface area contributed by atoms with Gasteiger partial charge in [0.15, 0.2) is 0 Å². The highest BCUT2D eigenvalue weighted by Gasteiger charge is 2.26. The van der Waals surface area contributed by atoms with E-state index in [1.165, 1.54) is 5.56 Å². The van der Waals surface area contributed by atoms with Gasteiger partial charge in [-0.25, -0.2) is 0 Å². The number of rotatable bonds is 5. The van der Waals surface area contributed by atoms with E-state index in [0.29, 0.717) is 12.5 Å². The van der Waals surface area contributed by atoms with Crippen molar-refractivity contribution in [2.75, 3.05) is 0 Å². The predicted molar refractivity (Wildman–Crippen MR) is 95.4 cm³/mol. The van der Waals surface area contributed by atoms with Crippen molar-refractivity contribution < 1.29 is 9.90 Å². The summed E-state index contributed by atoms with van der Waals surface area (Å²) >= 11 is 0. The van der Waals surface area contributed by atoms with Crippen molar-refractivity contribution in [3.05, 3.63) is 71.3 Å². The molecule has 3 heteroatoms. The van der Waals surface area contributed by atoms with Gasteiger partial charge in [0.25, 0.3) is 0 Å². The van der Waals surface area contributed by atoms with Crippen LogP contribution in [0.3, 0.4) is 0 Å². The van der Waals surface area contributed by atoms with Gasteiger partial charge in [0, 0.05) is 12.5 Å². The quantitative estimate of drug-likeness (QED) is 0.880. The van der Waals surface area contributed by atoms with Gasteiger partial charge < -0.3 is 10.4 Å². The van der Waals surface area contributed by atoms with Crippen LogP contribution in [-0.2, 0) is 17.9 Å². The molecule has 3 nitrogen and oxygen atoms in total. The average Bonchev–Trinajstić information content (AvgIpc) is 2.67. The van der Waals surface area contributed by atoms with E-state index in [1.54, 1.807) is 0 Å². The molecular weight excluding hydrogens is 298 g/mol. The summed E-state index contributed by atoms with van der Waals surface area (Å²) in [6.07, 6.45) is 4.09. The molecule has 1 amide bonds. The molecule has 0 aromatic heterocycles. The summed E-state index contributed by atoms with van der Waals surface area (Å²) in [5.41, 5.74) is 3.31. The van der Waals surface area contributed by atoms with Gasteiger partial charge in [-0.3, -0.25) is 4.79 Å². The lowest BCUT2D eigenvalue weighted by Gasteiger charge is -2.28. The molecule has 0 aliphatic heterocycles. The van der Waals surface area contributed by atoms with Crippen LogP contribution in [0.5, 0.6) is 0 Å². The molecule has 2 N–H and O–H groups in total. The van der Waals surface area contributed by atoms with E-state index in [4.69, 9.17) is 0 Å².